The number of amides is 2. The van der Waals surface area contributed by atoms with Crippen LogP contribution in [0.5, 0.6) is 5.75 Å². The van der Waals surface area contributed by atoms with Crippen molar-refractivity contribution in [1.82, 2.24) is 14.9 Å². The summed E-state index contributed by atoms with van der Waals surface area (Å²) in [6.07, 6.45) is 0. The lowest BCUT2D eigenvalue weighted by atomic mass is 10.2. The minimum absolute atomic E-state index is 0.157. The second-order valence-electron chi connectivity index (χ2n) is 7.49. The van der Waals surface area contributed by atoms with E-state index < -0.39 is 5.97 Å². The van der Waals surface area contributed by atoms with Crippen LogP contribution in [0.1, 0.15) is 17.4 Å². The summed E-state index contributed by atoms with van der Waals surface area (Å²) in [5, 5.41) is 12.6. The van der Waals surface area contributed by atoms with Crippen molar-refractivity contribution in [3.8, 4) is 17.1 Å². The molecular weight excluding hydrogens is 430 g/mol. The van der Waals surface area contributed by atoms with Crippen LogP contribution in [0.2, 0.25) is 0 Å². The minimum Gasteiger partial charge on any atom is -0.488 e. The molecule has 2 saturated heterocycles. The number of carbonyl (C=O) groups is 2. The second kappa shape index (κ2) is 10.5. The molecule has 2 N–H and O–H groups in total. The molecule has 2 fully saturated rings. The summed E-state index contributed by atoms with van der Waals surface area (Å²) in [6.45, 7) is 6.40. The van der Waals surface area contributed by atoms with Gasteiger partial charge in [-0.15, -0.1) is 0 Å². The van der Waals surface area contributed by atoms with Gasteiger partial charge in [0, 0.05) is 37.4 Å². The van der Waals surface area contributed by atoms with E-state index in [2.05, 4.69) is 15.3 Å². The number of urea groups is 1. The Morgan fingerprint density at radius 2 is 1.67 bits per heavy atom. The highest BCUT2D eigenvalue weighted by Crippen LogP contribution is 2.33. The molecule has 33 heavy (non-hydrogen) atoms. The van der Waals surface area contributed by atoms with Crippen molar-refractivity contribution >= 4 is 23.5 Å². The Labute approximate surface area is 191 Å². The molecule has 2 aliphatic rings. The van der Waals surface area contributed by atoms with E-state index >= 15 is 0 Å². The SMILES string of the molecule is CCOc1c(C(=O)O)nc(-c2ccc(NC(=O)N3CCOCC3)cc2)nc1N1CCOCC1. The maximum absolute atomic E-state index is 12.4. The zero-order valence-electron chi connectivity index (χ0n) is 18.5. The molecule has 3 heterocycles. The average molecular weight is 457 g/mol. The van der Waals surface area contributed by atoms with Gasteiger partial charge in [0.15, 0.2) is 23.1 Å². The van der Waals surface area contributed by atoms with E-state index in [4.69, 9.17) is 14.2 Å². The van der Waals surface area contributed by atoms with E-state index in [1.54, 1.807) is 36.1 Å². The predicted octanol–water partition coefficient (Wildman–Crippen LogP) is 1.94. The predicted molar refractivity (Wildman–Crippen MR) is 120 cm³/mol. The van der Waals surface area contributed by atoms with Crippen molar-refractivity contribution in [2.24, 2.45) is 0 Å². The molecule has 2 aromatic rings. The first kappa shape index (κ1) is 22.7. The first-order valence-corrected chi connectivity index (χ1v) is 10.9. The van der Waals surface area contributed by atoms with Crippen molar-refractivity contribution in [2.45, 2.75) is 6.92 Å². The van der Waals surface area contributed by atoms with E-state index in [1.165, 1.54) is 0 Å². The molecule has 2 amide bonds. The van der Waals surface area contributed by atoms with E-state index in [0.29, 0.717) is 69.7 Å². The average Bonchev–Trinajstić information content (AvgIpc) is 2.85. The molecule has 176 valence electrons. The van der Waals surface area contributed by atoms with Gasteiger partial charge in [-0.25, -0.2) is 19.6 Å². The normalized spacial score (nSPS) is 16.4. The molecule has 0 aliphatic carbocycles. The summed E-state index contributed by atoms with van der Waals surface area (Å²) in [5.74, 6) is -0.327. The summed E-state index contributed by atoms with van der Waals surface area (Å²) >= 11 is 0. The summed E-state index contributed by atoms with van der Waals surface area (Å²) in [5.41, 5.74) is 1.06. The molecule has 0 radical (unpaired) electrons. The standard InChI is InChI=1S/C22H27N5O6/c1-2-33-18-17(21(28)29)24-19(25-20(18)26-7-11-31-12-8-26)15-3-5-16(6-4-15)23-22(30)27-9-13-32-14-10-27/h3-6H,2,7-14H2,1H3,(H,23,30)(H,28,29). The van der Waals surface area contributed by atoms with Crippen molar-refractivity contribution in [3.05, 3.63) is 30.0 Å². The van der Waals surface area contributed by atoms with Gasteiger partial charge in [0.05, 0.1) is 33.0 Å². The van der Waals surface area contributed by atoms with Crippen molar-refractivity contribution in [3.63, 3.8) is 0 Å². The van der Waals surface area contributed by atoms with Crippen LogP contribution in [0.25, 0.3) is 11.4 Å². The Morgan fingerprint density at radius 3 is 2.27 bits per heavy atom. The topological polar surface area (TPSA) is 126 Å². The highest BCUT2D eigenvalue weighted by Gasteiger charge is 2.26. The lowest BCUT2D eigenvalue weighted by Gasteiger charge is -2.29. The van der Waals surface area contributed by atoms with Crippen LogP contribution in [0, 0.1) is 0 Å². The fourth-order valence-corrected chi connectivity index (χ4v) is 3.65. The van der Waals surface area contributed by atoms with Gasteiger partial charge in [0.1, 0.15) is 0 Å². The van der Waals surface area contributed by atoms with Crippen LogP contribution in [0.3, 0.4) is 0 Å². The molecule has 0 saturated carbocycles. The molecule has 1 aromatic heterocycles. The lowest BCUT2D eigenvalue weighted by molar-refractivity contribution is 0.0564. The van der Waals surface area contributed by atoms with Crippen LogP contribution in [-0.2, 0) is 9.47 Å². The molecule has 0 atom stereocenters. The van der Waals surface area contributed by atoms with Crippen molar-refractivity contribution < 1.29 is 28.9 Å². The highest BCUT2D eigenvalue weighted by atomic mass is 16.5. The van der Waals surface area contributed by atoms with Crippen LogP contribution in [0.15, 0.2) is 24.3 Å². The number of aromatic nitrogens is 2. The zero-order chi connectivity index (χ0) is 23.2. The zero-order valence-corrected chi connectivity index (χ0v) is 18.5. The highest BCUT2D eigenvalue weighted by molar-refractivity contribution is 5.92. The number of anilines is 2. The number of ether oxygens (including phenoxy) is 3. The number of hydrogen-bond donors (Lipinski definition) is 2. The summed E-state index contributed by atoms with van der Waals surface area (Å²) < 4.78 is 16.3. The number of nitrogens with one attached hydrogen (secondary N) is 1. The third-order valence-electron chi connectivity index (χ3n) is 5.34. The second-order valence-corrected chi connectivity index (χ2v) is 7.49. The van der Waals surface area contributed by atoms with E-state index in [9.17, 15) is 14.7 Å². The van der Waals surface area contributed by atoms with Gasteiger partial charge in [-0.3, -0.25) is 0 Å². The lowest BCUT2D eigenvalue weighted by Crippen LogP contribution is -2.43. The first-order valence-electron chi connectivity index (χ1n) is 10.9. The Kier molecular flexibility index (Phi) is 7.20. The fourth-order valence-electron chi connectivity index (χ4n) is 3.65. The van der Waals surface area contributed by atoms with Gasteiger partial charge in [-0.05, 0) is 31.2 Å². The van der Waals surface area contributed by atoms with Crippen molar-refractivity contribution in [2.75, 3.05) is 69.4 Å². The molecule has 0 spiro atoms. The van der Waals surface area contributed by atoms with Gasteiger partial charge >= 0.3 is 12.0 Å². The molecule has 11 nitrogen and oxygen atoms in total. The number of benzene rings is 1. The molecular formula is C22H27N5O6. The minimum atomic E-state index is -1.19. The van der Waals surface area contributed by atoms with Crippen LogP contribution in [0.4, 0.5) is 16.3 Å². The van der Waals surface area contributed by atoms with Crippen LogP contribution in [-0.4, -0.2) is 91.2 Å². The monoisotopic (exact) mass is 457 g/mol. The smallest absolute Gasteiger partial charge is 0.358 e. The Hall–Kier alpha value is -3.44. The molecule has 0 unspecified atom stereocenters. The third-order valence-corrected chi connectivity index (χ3v) is 5.34. The molecule has 0 bridgehead atoms. The number of carbonyl (C=O) groups excluding carboxylic acids is 1. The Bertz CT molecular complexity index is 988. The third kappa shape index (κ3) is 5.32. The number of carboxylic acid groups (broad SMARTS) is 1. The number of morpholine rings is 2. The fraction of sp³-hybridized carbons (Fsp3) is 0.455. The number of hydrogen-bond acceptors (Lipinski definition) is 8. The molecule has 4 rings (SSSR count). The van der Waals surface area contributed by atoms with Crippen molar-refractivity contribution in [1.29, 1.82) is 0 Å². The summed E-state index contributed by atoms with van der Waals surface area (Å²) in [7, 11) is 0. The van der Waals surface area contributed by atoms with E-state index in [1.807, 2.05) is 4.90 Å². The van der Waals surface area contributed by atoms with E-state index in [-0.39, 0.29) is 29.9 Å². The largest absolute Gasteiger partial charge is 0.488 e. The molecule has 11 heteroatoms. The number of carboxylic acids is 1. The quantitative estimate of drug-likeness (QED) is 0.669. The van der Waals surface area contributed by atoms with E-state index in [0.717, 1.165) is 0 Å². The molecule has 2 aliphatic heterocycles. The summed E-state index contributed by atoms with van der Waals surface area (Å²) in [4.78, 5) is 36.9. The van der Waals surface area contributed by atoms with Gasteiger partial charge in [-0.2, -0.15) is 0 Å². The van der Waals surface area contributed by atoms with Gasteiger partial charge in [-0.1, -0.05) is 0 Å². The Morgan fingerprint density at radius 1 is 1.03 bits per heavy atom. The number of nitrogens with zero attached hydrogens (tertiary/aromatic N) is 4. The van der Waals surface area contributed by atoms with Gasteiger partial charge in [0.2, 0.25) is 0 Å². The molecule has 1 aromatic carbocycles. The van der Waals surface area contributed by atoms with Gasteiger partial charge in [0.25, 0.3) is 0 Å². The number of aromatic carboxylic acids is 1. The first-order chi connectivity index (χ1) is 16.1. The van der Waals surface area contributed by atoms with Gasteiger partial charge < -0.3 is 34.4 Å². The van der Waals surface area contributed by atoms with Crippen LogP contribution >= 0.6 is 0 Å². The maximum Gasteiger partial charge on any atom is 0.358 e. The summed E-state index contributed by atoms with van der Waals surface area (Å²) in [6, 6.07) is 6.79. The maximum atomic E-state index is 12.4. The van der Waals surface area contributed by atoms with Crippen LogP contribution < -0.4 is 15.0 Å². The Balaban J connectivity index is 1.61. The number of rotatable bonds is 6.